The molecule has 4 unspecified atom stereocenters. The number of amides is 3. The average molecular weight is 528 g/mol. The van der Waals surface area contributed by atoms with Crippen LogP contribution in [-0.4, -0.2) is 79.0 Å². The molecule has 0 aliphatic carbocycles. The quantitative estimate of drug-likeness (QED) is 0.136. The van der Waals surface area contributed by atoms with Gasteiger partial charge in [0.05, 0.1) is 18.8 Å². The van der Waals surface area contributed by atoms with E-state index in [1.54, 1.807) is 6.20 Å². The Morgan fingerprint density at radius 1 is 0.947 bits per heavy atom. The van der Waals surface area contributed by atoms with E-state index in [-0.39, 0.29) is 12.8 Å². The Balaban J connectivity index is 1.86. The highest BCUT2D eigenvalue weighted by Gasteiger charge is 2.31. The number of nitrogens with zero attached hydrogens (tertiary/aromatic N) is 1. The van der Waals surface area contributed by atoms with Crippen molar-refractivity contribution in [2.45, 2.75) is 50.4 Å². The van der Waals surface area contributed by atoms with Gasteiger partial charge in [0.15, 0.2) is 0 Å². The fraction of sp³-hybridized carbons (Fsp3) is 0.333. The van der Waals surface area contributed by atoms with Crippen molar-refractivity contribution in [2.75, 3.05) is 0 Å². The Bertz CT molecular complexity index is 1300. The summed E-state index contributed by atoms with van der Waals surface area (Å²) in [4.78, 5) is 71.0. The van der Waals surface area contributed by atoms with E-state index in [4.69, 9.17) is 15.9 Å². The monoisotopic (exact) mass is 527 g/mol. The third-order valence-corrected chi connectivity index (χ3v) is 5.80. The number of nitrogens with one attached hydrogen (secondary N) is 5. The number of carboxylic acids is 2. The molecule has 14 heteroatoms. The maximum absolute atomic E-state index is 13.4. The molecule has 0 fully saturated rings. The summed E-state index contributed by atoms with van der Waals surface area (Å²) in [6, 6.07) is 2.21. The summed E-state index contributed by atoms with van der Waals surface area (Å²) in [5.41, 5.74) is 7.67. The Kier molecular flexibility index (Phi) is 9.16. The molecule has 0 bridgehead atoms. The van der Waals surface area contributed by atoms with Gasteiger partial charge in [0, 0.05) is 41.8 Å². The summed E-state index contributed by atoms with van der Waals surface area (Å²) >= 11 is 0. The Morgan fingerprint density at radius 2 is 1.61 bits per heavy atom. The standard InChI is InChI=1S/C24H29N7O7/c1-12(24(37)38)29-22(35)19(7-14-10-26-11-28-14)31-23(36)18(30-21(34)16(25)8-20(32)33)6-13-9-27-17-5-3-2-4-15(13)17/h2-5,9-12,16,18-19,27H,6-8,25H2,1H3,(H,26,28)(H,29,35)(H,30,34)(H,31,36)(H,32,33)(H,37,38). The Hall–Kier alpha value is -4.72. The third-order valence-electron chi connectivity index (χ3n) is 5.80. The fourth-order valence-electron chi connectivity index (χ4n) is 3.76. The lowest BCUT2D eigenvalue weighted by Gasteiger charge is -2.24. The number of hydrogen-bond donors (Lipinski definition) is 8. The van der Waals surface area contributed by atoms with Crippen LogP contribution >= 0.6 is 0 Å². The van der Waals surface area contributed by atoms with Gasteiger partial charge >= 0.3 is 11.9 Å². The molecule has 0 spiro atoms. The first-order valence-electron chi connectivity index (χ1n) is 11.7. The number of hydrogen-bond acceptors (Lipinski definition) is 7. The van der Waals surface area contributed by atoms with Crippen LogP contribution in [0.25, 0.3) is 10.9 Å². The summed E-state index contributed by atoms with van der Waals surface area (Å²) in [7, 11) is 0. The zero-order chi connectivity index (χ0) is 27.8. The molecule has 0 saturated heterocycles. The molecule has 2 aromatic heterocycles. The molecular formula is C24H29N7O7. The SMILES string of the molecule is CC(NC(=O)C(Cc1cnc[nH]1)NC(=O)C(Cc1c[nH]c2ccccc12)NC(=O)C(N)CC(=O)O)C(=O)O. The molecule has 3 amide bonds. The maximum atomic E-state index is 13.4. The third kappa shape index (κ3) is 7.39. The molecule has 4 atom stereocenters. The van der Waals surface area contributed by atoms with Crippen LogP contribution in [0.1, 0.15) is 24.6 Å². The van der Waals surface area contributed by atoms with Crippen molar-refractivity contribution in [3.8, 4) is 0 Å². The minimum Gasteiger partial charge on any atom is -0.481 e. The van der Waals surface area contributed by atoms with Crippen molar-refractivity contribution in [3.05, 3.63) is 54.2 Å². The predicted octanol–water partition coefficient (Wildman–Crippen LogP) is -0.963. The topological polar surface area (TPSA) is 232 Å². The average Bonchev–Trinajstić information content (AvgIpc) is 3.52. The van der Waals surface area contributed by atoms with Crippen molar-refractivity contribution in [3.63, 3.8) is 0 Å². The zero-order valence-corrected chi connectivity index (χ0v) is 20.4. The molecule has 2 heterocycles. The highest BCUT2D eigenvalue weighted by atomic mass is 16.4. The number of H-pyrrole nitrogens is 2. The second-order valence-electron chi connectivity index (χ2n) is 8.74. The number of nitrogens with two attached hydrogens (primary N) is 1. The van der Waals surface area contributed by atoms with Crippen molar-refractivity contribution < 1.29 is 34.2 Å². The number of benzene rings is 1. The molecule has 0 aliphatic heterocycles. The summed E-state index contributed by atoms with van der Waals surface area (Å²) in [5.74, 6) is -4.92. The van der Waals surface area contributed by atoms with Crippen LogP contribution < -0.4 is 21.7 Å². The highest BCUT2D eigenvalue weighted by Crippen LogP contribution is 2.19. The van der Waals surface area contributed by atoms with Gasteiger partial charge in [-0.3, -0.25) is 24.0 Å². The molecule has 38 heavy (non-hydrogen) atoms. The number of carbonyl (C=O) groups excluding carboxylic acids is 3. The van der Waals surface area contributed by atoms with Crippen molar-refractivity contribution in [1.82, 2.24) is 30.9 Å². The maximum Gasteiger partial charge on any atom is 0.325 e. The van der Waals surface area contributed by atoms with Crippen LogP contribution in [0, 0.1) is 0 Å². The van der Waals surface area contributed by atoms with E-state index in [0.29, 0.717) is 11.3 Å². The molecule has 202 valence electrons. The second-order valence-corrected chi connectivity index (χ2v) is 8.74. The van der Waals surface area contributed by atoms with E-state index < -0.39 is 60.2 Å². The van der Waals surface area contributed by atoms with Crippen LogP contribution in [0.2, 0.25) is 0 Å². The predicted molar refractivity (Wildman–Crippen MR) is 134 cm³/mol. The van der Waals surface area contributed by atoms with E-state index in [9.17, 15) is 24.0 Å². The lowest BCUT2D eigenvalue weighted by molar-refractivity contribution is -0.141. The number of carbonyl (C=O) groups is 5. The van der Waals surface area contributed by atoms with Crippen LogP contribution in [0.3, 0.4) is 0 Å². The van der Waals surface area contributed by atoms with Crippen molar-refractivity contribution in [1.29, 1.82) is 0 Å². The highest BCUT2D eigenvalue weighted by molar-refractivity contribution is 5.95. The van der Waals surface area contributed by atoms with E-state index >= 15 is 0 Å². The van der Waals surface area contributed by atoms with Crippen molar-refractivity contribution in [2.24, 2.45) is 5.73 Å². The molecule has 1 aromatic carbocycles. The molecule has 3 aromatic rings. The first-order valence-corrected chi connectivity index (χ1v) is 11.7. The smallest absolute Gasteiger partial charge is 0.325 e. The first-order chi connectivity index (χ1) is 18.0. The van der Waals surface area contributed by atoms with Gasteiger partial charge < -0.3 is 41.9 Å². The van der Waals surface area contributed by atoms with E-state index in [2.05, 4.69) is 30.9 Å². The van der Waals surface area contributed by atoms with E-state index in [1.165, 1.54) is 19.4 Å². The number of fused-ring (bicyclic) bond motifs is 1. The van der Waals surface area contributed by atoms with Gasteiger partial charge in [0.25, 0.3) is 0 Å². The molecule has 0 aliphatic rings. The molecule has 9 N–H and O–H groups in total. The Morgan fingerprint density at radius 3 is 2.26 bits per heavy atom. The van der Waals surface area contributed by atoms with Crippen LogP contribution in [0.5, 0.6) is 0 Å². The van der Waals surface area contributed by atoms with Gasteiger partial charge in [-0.25, -0.2) is 4.98 Å². The summed E-state index contributed by atoms with van der Waals surface area (Å²) in [5, 5.41) is 26.3. The van der Waals surface area contributed by atoms with Gasteiger partial charge in [0.2, 0.25) is 17.7 Å². The molecular weight excluding hydrogens is 498 g/mol. The van der Waals surface area contributed by atoms with Crippen LogP contribution in [0.15, 0.2) is 43.0 Å². The van der Waals surface area contributed by atoms with Gasteiger partial charge in [-0.2, -0.15) is 0 Å². The van der Waals surface area contributed by atoms with Gasteiger partial charge in [-0.05, 0) is 18.6 Å². The molecule has 0 radical (unpaired) electrons. The number of aliphatic carboxylic acids is 2. The van der Waals surface area contributed by atoms with Crippen molar-refractivity contribution >= 4 is 40.6 Å². The Labute approximate surface area is 216 Å². The number of para-hydroxylation sites is 1. The number of rotatable bonds is 13. The number of imidazole rings is 1. The van der Waals surface area contributed by atoms with E-state index in [0.717, 1.165) is 10.9 Å². The lowest BCUT2D eigenvalue weighted by Crippen LogP contribution is -2.58. The number of aromatic amines is 2. The van der Waals surface area contributed by atoms with Crippen LogP contribution in [0.4, 0.5) is 0 Å². The van der Waals surface area contributed by atoms with Crippen LogP contribution in [-0.2, 0) is 36.8 Å². The molecule has 3 rings (SSSR count). The number of aromatic nitrogens is 3. The summed E-state index contributed by atoms with van der Waals surface area (Å²) in [6.45, 7) is 1.28. The summed E-state index contributed by atoms with van der Waals surface area (Å²) < 4.78 is 0. The minimum absolute atomic E-state index is 0.00863. The number of carboxylic acid groups (broad SMARTS) is 2. The van der Waals surface area contributed by atoms with Gasteiger partial charge in [-0.1, -0.05) is 18.2 Å². The minimum atomic E-state index is -1.41. The summed E-state index contributed by atoms with van der Waals surface area (Å²) in [6.07, 6.45) is 3.81. The zero-order valence-electron chi connectivity index (χ0n) is 20.4. The van der Waals surface area contributed by atoms with E-state index in [1.807, 2.05) is 24.3 Å². The second kappa shape index (κ2) is 12.5. The molecule has 14 nitrogen and oxygen atoms in total. The lowest BCUT2D eigenvalue weighted by atomic mass is 10.0. The normalized spacial score (nSPS) is 14.2. The fourth-order valence-corrected chi connectivity index (χ4v) is 3.76. The van der Waals surface area contributed by atoms with Gasteiger partial charge in [-0.15, -0.1) is 0 Å². The largest absolute Gasteiger partial charge is 0.481 e. The first kappa shape index (κ1) is 27.9. The van der Waals surface area contributed by atoms with Gasteiger partial charge in [0.1, 0.15) is 18.1 Å². The molecule has 0 saturated carbocycles.